The number of rotatable bonds is 2. The largest absolute Gasteiger partial charge is 0.254 e. The van der Waals surface area contributed by atoms with Crippen LogP contribution in [0.15, 0.2) is 48.7 Å². The van der Waals surface area contributed by atoms with Gasteiger partial charge in [0.25, 0.3) is 0 Å². The summed E-state index contributed by atoms with van der Waals surface area (Å²) in [5.41, 5.74) is 3.16. The van der Waals surface area contributed by atoms with Crippen molar-refractivity contribution in [2.45, 2.75) is 0 Å². The molecule has 116 valence electrons. The second-order valence-corrected chi connectivity index (χ2v) is 6.85. The average Bonchev–Trinajstić information content (AvgIpc) is 2.53. The fourth-order valence-corrected chi connectivity index (χ4v) is 3.00. The summed E-state index contributed by atoms with van der Waals surface area (Å²) in [5.74, 6) is 0. The van der Waals surface area contributed by atoms with Crippen molar-refractivity contribution in [2.24, 2.45) is 0 Å². The van der Waals surface area contributed by atoms with Gasteiger partial charge in [-0.2, -0.15) is 0 Å². The van der Waals surface area contributed by atoms with Crippen molar-refractivity contribution in [1.82, 2.24) is 4.98 Å². The summed E-state index contributed by atoms with van der Waals surface area (Å²) in [4.78, 5) is 4.44. The zero-order chi connectivity index (χ0) is 16.6. The van der Waals surface area contributed by atoms with Gasteiger partial charge in [0, 0.05) is 17.3 Å². The molecule has 0 unspecified atom stereocenters. The lowest BCUT2D eigenvalue weighted by Gasteiger charge is -2.08. The summed E-state index contributed by atoms with van der Waals surface area (Å²) < 4.78 is 0. The Kier molecular flexibility index (Phi) is 5.05. The topological polar surface area (TPSA) is 12.9 Å². The van der Waals surface area contributed by atoms with Gasteiger partial charge in [-0.1, -0.05) is 70.1 Å². The zero-order valence-corrected chi connectivity index (χ0v) is 15.2. The van der Waals surface area contributed by atoms with Gasteiger partial charge in [0.2, 0.25) is 0 Å². The first kappa shape index (κ1) is 16.9. The van der Waals surface area contributed by atoms with Crippen LogP contribution in [0.1, 0.15) is 0 Å². The molecule has 2 aromatic carbocycles. The molecule has 3 aromatic rings. The fourth-order valence-electron chi connectivity index (χ4n) is 2.13. The van der Waals surface area contributed by atoms with E-state index in [0.29, 0.717) is 30.8 Å². The average molecular weight is 404 g/mol. The van der Waals surface area contributed by atoms with E-state index < -0.39 is 0 Å². The number of halogens is 5. The predicted octanol–water partition coefficient (Wildman–Crippen LogP) is 7.68. The van der Waals surface area contributed by atoms with Crippen LogP contribution in [0.4, 0.5) is 0 Å². The Bertz CT molecular complexity index is 892. The number of pyridine rings is 1. The predicted molar refractivity (Wildman–Crippen MR) is 100 cm³/mol. The smallest absolute Gasteiger partial charge is 0.0889 e. The van der Waals surface area contributed by atoms with Crippen molar-refractivity contribution in [3.05, 3.63) is 73.8 Å². The summed E-state index contributed by atoms with van der Waals surface area (Å²) in [6.45, 7) is 0. The lowest BCUT2D eigenvalue weighted by atomic mass is 10.1. The van der Waals surface area contributed by atoms with Gasteiger partial charge in [-0.15, -0.1) is 0 Å². The maximum atomic E-state index is 6.38. The van der Waals surface area contributed by atoms with Crippen LogP contribution in [0.5, 0.6) is 0 Å². The lowest BCUT2D eigenvalue weighted by molar-refractivity contribution is 1.32. The van der Waals surface area contributed by atoms with Crippen LogP contribution in [0, 0.1) is 0 Å². The monoisotopic (exact) mass is 401 g/mol. The minimum absolute atomic E-state index is 0.454. The van der Waals surface area contributed by atoms with E-state index in [-0.39, 0.29) is 0 Å². The van der Waals surface area contributed by atoms with E-state index in [2.05, 4.69) is 4.98 Å². The molecule has 0 aliphatic rings. The molecule has 0 saturated heterocycles. The van der Waals surface area contributed by atoms with E-state index in [1.165, 1.54) is 0 Å². The molecule has 0 fully saturated rings. The number of nitrogens with zero attached hydrogens (tertiary/aromatic N) is 1. The van der Waals surface area contributed by atoms with E-state index in [1.807, 2.05) is 18.2 Å². The second kappa shape index (κ2) is 6.88. The Balaban J connectivity index is 2.03. The fraction of sp³-hybridized carbons (Fsp3) is 0. The van der Waals surface area contributed by atoms with E-state index in [0.717, 1.165) is 16.7 Å². The van der Waals surface area contributed by atoms with Crippen molar-refractivity contribution in [3.8, 4) is 22.4 Å². The molecule has 1 aromatic heterocycles. The van der Waals surface area contributed by atoms with Crippen LogP contribution >= 0.6 is 58.0 Å². The van der Waals surface area contributed by atoms with E-state index in [4.69, 9.17) is 58.0 Å². The van der Waals surface area contributed by atoms with Gasteiger partial charge in [-0.05, 0) is 35.9 Å². The lowest BCUT2D eigenvalue weighted by Crippen LogP contribution is -1.88. The summed E-state index contributed by atoms with van der Waals surface area (Å²) in [6.07, 6.45) is 1.73. The summed E-state index contributed by atoms with van der Waals surface area (Å²) in [7, 11) is 0. The minimum atomic E-state index is 0.454. The van der Waals surface area contributed by atoms with Crippen molar-refractivity contribution < 1.29 is 0 Å². The van der Waals surface area contributed by atoms with Crippen LogP contribution in [-0.4, -0.2) is 4.98 Å². The van der Waals surface area contributed by atoms with Crippen LogP contribution < -0.4 is 0 Å². The second-order valence-electron chi connectivity index (χ2n) is 4.81. The highest BCUT2D eigenvalue weighted by molar-refractivity contribution is 6.42. The van der Waals surface area contributed by atoms with Gasteiger partial charge in [0.15, 0.2) is 0 Å². The first-order chi connectivity index (χ1) is 11.0. The molecule has 3 rings (SSSR count). The summed E-state index contributed by atoms with van der Waals surface area (Å²) in [5, 5.41) is 2.43. The molecule has 0 aliphatic heterocycles. The third-order valence-corrected chi connectivity index (χ3v) is 5.05. The molecule has 0 spiro atoms. The molecule has 0 aliphatic carbocycles. The van der Waals surface area contributed by atoms with Crippen LogP contribution in [0.25, 0.3) is 22.4 Å². The number of benzene rings is 2. The molecule has 6 heteroatoms. The quantitative estimate of drug-likeness (QED) is 0.427. The molecule has 0 amide bonds. The maximum Gasteiger partial charge on any atom is 0.0889 e. The van der Waals surface area contributed by atoms with E-state index >= 15 is 0 Å². The molecular weight excluding hydrogens is 395 g/mol. The van der Waals surface area contributed by atoms with Gasteiger partial charge >= 0.3 is 0 Å². The molecule has 0 N–H and O–H groups in total. The first-order valence-corrected chi connectivity index (χ1v) is 8.41. The molecule has 1 nitrogen and oxygen atoms in total. The van der Waals surface area contributed by atoms with Gasteiger partial charge in [0.05, 0.1) is 30.8 Å². The molecule has 0 saturated carbocycles. The maximum absolute atomic E-state index is 6.38. The molecule has 0 bridgehead atoms. The molecule has 23 heavy (non-hydrogen) atoms. The van der Waals surface area contributed by atoms with Gasteiger partial charge < -0.3 is 0 Å². The first-order valence-electron chi connectivity index (χ1n) is 6.52. The minimum Gasteiger partial charge on any atom is -0.254 e. The van der Waals surface area contributed by atoms with Crippen molar-refractivity contribution >= 4 is 58.0 Å². The van der Waals surface area contributed by atoms with Gasteiger partial charge in [0.1, 0.15) is 0 Å². The standard InChI is InChI=1S/C17H8Cl5N/c18-12-3-1-9(5-14(12)20)11-7-16(22)17(23-8-11)10-2-4-13(19)15(21)6-10/h1-8H. The number of aromatic nitrogens is 1. The zero-order valence-electron chi connectivity index (χ0n) is 11.5. The highest BCUT2D eigenvalue weighted by Gasteiger charge is 2.10. The van der Waals surface area contributed by atoms with Crippen molar-refractivity contribution in [2.75, 3.05) is 0 Å². The van der Waals surface area contributed by atoms with E-state index in [1.54, 1.807) is 30.5 Å². The highest BCUT2D eigenvalue weighted by atomic mass is 35.5. The van der Waals surface area contributed by atoms with E-state index in [9.17, 15) is 0 Å². The summed E-state index contributed by atoms with van der Waals surface area (Å²) in [6, 6.07) is 12.5. The Morgan fingerprint density at radius 3 is 1.61 bits per heavy atom. The normalized spacial score (nSPS) is 10.8. The van der Waals surface area contributed by atoms with Crippen molar-refractivity contribution in [1.29, 1.82) is 0 Å². The van der Waals surface area contributed by atoms with Crippen LogP contribution in [0.2, 0.25) is 25.1 Å². The number of hydrogen-bond acceptors (Lipinski definition) is 1. The van der Waals surface area contributed by atoms with Gasteiger partial charge in [-0.25, -0.2) is 0 Å². The van der Waals surface area contributed by atoms with Crippen molar-refractivity contribution in [3.63, 3.8) is 0 Å². The Morgan fingerprint density at radius 2 is 1.04 bits per heavy atom. The summed E-state index contributed by atoms with van der Waals surface area (Å²) >= 11 is 30.3. The highest BCUT2D eigenvalue weighted by Crippen LogP contribution is 2.34. The Hall–Kier alpha value is -0.960. The SMILES string of the molecule is Clc1ccc(-c2cnc(-c3ccc(Cl)c(Cl)c3)c(Cl)c2)cc1Cl. The molecule has 1 heterocycles. The molecule has 0 radical (unpaired) electrons. The van der Waals surface area contributed by atoms with Crippen LogP contribution in [-0.2, 0) is 0 Å². The Morgan fingerprint density at radius 1 is 0.522 bits per heavy atom. The molecular formula is C17H8Cl5N. The Labute approximate surface area is 158 Å². The third-order valence-electron chi connectivity index (χ3n) is 3.29. The number of hydrogen-bond donors (Lipinski definition) is 0. The third kappa shape index (κ3) is 3.60. The molecule has 0 atom stereocenters. The van der Waals surface area contributed by atoms with Gasteiger partial charge in [-0.3, -0.25) is 4.98 Å². The van der Waals surface area contributed by atoms with Crippen LogP contribution in [0.3, 0.4) is 0 Å².